The maximum Gasteiger partial charge on any atom is 0.416 e. The molecule has 0 amide bonds. The first kappa shape index (κ1) is 17.0. The summed E-state index contributed by atoms with van der Waals surface area (Å²) >= 11 is 0. The highest BCUT2D eigenvalue weighted by molar-refractivity contribution is 5.94. The van der Waals surface area contributed by atoms with Crippen molar-refractivity contribution in [2.24, 2.45) is 0 Å². The second-order valence-corrected chi connectivity index (χ2v) is 5.75. The lowest BCUT2D eigenvalue weighted by atomic mass is 10.1. The van der Waals surface area contributed by atoms with Gasteiger partial charge in [-0.25, -0.2) is 9.13 Å². The first-order chi connectivity index (χ1) is 11.8. The molecule has 0 saturated heterocycles. The molecule has 3 rings (SSSR count). The fraction of sp³-hybridized carbons (Fsp3) is 0.158. The maximum absolute atomic E-state index is 13.1. The number of aromatic nitrogens is 2. The molecule has 0 fully saturated rings. The number of alkyl halides is 3. The molecule has 0 radical (unpaired) electrons. The minimum Gasteiger partial charge on any atom is -0.295 e. The molecule has 6 heteroatoms. The number of rotatable bonds is 4. The van der Waals surface area contributed by atoms with Crippen LogP contribution in [-0.2, 0) is 12.7 Å². The van der Waals surface area contributed by atoms with Crippen LogP contribution in [0, 0.1) is 0 Å². The molecule has 0 saturated carbocycles. The summed E-state index contributed by atoms with van der Waals surface area (Å²) in [6, 6.07) is 12.6. The molecule has 0 bridgehead atoms. The molecule has 0 N–H and O–H groups in total. The van der Waals surface area contributed by atoms with Gasteiger partial charge in [-0.3, -0.25) is 4.79 Å². The van der Waals surface area contributed by atoms with Crippen molar-refractivity contribution in [2.45, 2.75) is 19.6 Å². The van der Waals surface area contributed by atoms with E-state index >= 15 is 0 Å². The van der Waals surface area contributed by atoms with E-state index < -0.39 is 11.7 Å². The molecule has 1 aromatic heterocycles. The van der Waals surface area contributed by atoms with Crippen LogP contribution in [0.4, 0.5) is 13.2 Å². The molecule has 2 aromatic carbocycles. The van der Waals surface area contributed by atoms with Crippen LogP contribution in [0.5, 0.6) is 0 Å². The van der Waals surface area contributed by atoms with Crippen molar-refractivity contribution in [2.75, 3.05) is 0 Å². The summed E-state index contributed by atoms with van der Waals surface area (Å²) in [5.41, 5.74) is 1.03. The van der Waals surface area contributed by atoms with Crippen LogP contribution in [-0.4, -0.2) is 10.4 Å². The summed E-state index contributed by atoms with van der Waals surface area (Å²) in [7, 11) is 0. The zero-order valence-corrected chi connectivity index (χ0v) is 13.5. The SMILES string of the molecule is CC(=O)c1ccc(-n2cc[n+](Cc3ccccc3C(F)(F)F)c2)cc1. The van der Waals surface area contributed by atoms with Gasteiger partial charge in [0, 0.05) is 11.1 Å². The van der Waals surface area contributed by atoms with Crippen molar-refractivity contribution in [3.63, 3.8) is 0 Å². The third kappa shape index (κ3) is 3.79. The van der Waals surface area contributed by atoms with Crippen LogP contribution < -0.4 is 4.57 Å². The van der Waals surface area contributed by atoms with Crippen molar-refractivity contribution in [1.29, 1.82) is 0 Å². The summed E-state index contributed by atoms with van der Waals surface area (Å²) in [6.45, 7) is 1.62. The zero-order chi connectivity index (χ0) is 18.0. The average molecular weight is 345 g/mol. The lowest BCUT2D eigenvalue weighted by molar-refractivity contribution is -0.687. The van der Waals surface area contributed by atoms with E-state index in [1.54, 1.807) is 58.2 Å². The van der Waals surface area contributed by atoms with Gasteiger partial charge in [0.2, 0.25) is 6.33 Å². The zero-order valence-electron chi connectivity index (χ0n) is 13.5. The van der Waals surface area contributed by atoms with Crippen molar-refractivity contribution in [1.82, 2.24) is 4.57 Å². The number of halogens is 3. The Morgan fingerprint density at radius 2 is 1.76 bits per heavy atom. The Bertz CT molecular complexity index is 896. The molecule has 0 spiro atoms. The van der Waals surface area contributed by atoms with E-state index in [2.05, 4.69) is 0 Å². The predicted molar refractivity (Wildman–Crippen MR) is 86.5 cm³/mol. The van der Waals surface area contributed by atoms with Gasteiger partial charge in [0.25, 0.3) is 0 Å². The number of imidazole rings is 1. The molecular formula is C19H16F3N2O+. The van der Waals surface area contributed by atoms with E-state index in [9.17, 15) is 18.0 Å². The van der Waals surface area contributed by atoms with E-state index in [0.29, 0.717) is 5.56 Å². The molecule has 128 valence electrons. The summed E-state index contributed by atoms with van der Waals surface area (Å²) in [5.74, 6) is -0.0159. The first-order valence-electron chi connectivity index (χ1n) is 7.68. The molecule has 1 heterocycles. The fourth-order valence-electron chi connectivity index (χ4n) is 2.64. The quantitative estimate of drug-likeness (QED) is 0.518. The van der Waals surface area contributed by atoms with Gasteiger partial charge in [-0.05, 0) is 37.3 Å². The molecule has 3 aromatic rings. The molecule has 0 unspecified atom stereocenters. The highest BCUT2D eigenvalue weighted by Crippen LogP contribution is 2.31. The Balaban J connectivity index is 1.84. The number of nitrogens with zero attached hydrogens (tertiary/aromatic N) is 2. The summed E-state index contributed by atoms with van der Waals surface area (Å²) < 4.78 is 42.7. The van der Waals surface area contributed by atoms with Crippen LogP contribution in [0.25, 0.3) is 5.69 Å². The van der Waals surface area contributed by atoms with Crippen molar-refractivity contribution in [3.05, 3.63) is 83.9 Å². The van der Waals surface area contributed by atoms with E-state index in [1.165, 1.54) is 19.1 Å². The van der Waals surface area contributed by atoms with Gasteiger partial charge in [0.05, 0.1) is 5.56 Å². The van der Waals surface area contributed by atoms with Crippen molar-refractivity contribution >= 4 is 5.78 Å². The Labute approximate surface area is 143 Å². The van der Waals surface area contributed by atoms with E-state index in [-0.39, 0.29) is 17.9 Å². The Morgan fingerprint density at radius 3 is 2.40 bits per heavy atom. The minimum atomic E-state index is -4.37. The average Bonchev–Trinajstić information content (AvgIpc) is 3.03. The van der Waals surface area contributed by atoms with E-state index in [1.807, 2.05) is 0 Å². The number of ketones is 1. The second kappa shape index (κ2) is 6.55. The summed E-state index contributed by atoms with van der Waals surface area (Å²) in [4.78, 5) is 11.3. The number of carbonyl (C=O) groups excluding carboxylic acids is 1. The molecule has 3 nitrogen and oxygen atoms in total. The second-order valence-electron chi connectivity index (χ2n) is 5.75. The van der Waals surface area contributed by atoms with Gasteiger partial charge < -0.3 is 0 Å². The van der Waals surface area contributed by atoms with E-state index in [0.717, 1.165) is 11.8 Å². The third-order valence-corrected chi connectivity index (χ3v) is 3.94. The van der Waals surface area contributed by atoms with Gasteiger partial charge >= 0.3 is 6.18 Å². The van der Waals surface area contributed by atoms with Gasteiger partial charge in [0.1, 0.15) is 24.6 Å². The number of carbonyl (C=O) groups is 1. The smallest absolute Gasteiger partial charge is 0.295 e. The topological polar surface area (TPSA) is 25.9 Å². The Kier molecular flexibility index (Phi) is 4.44. The van der Waals surface area contributed by atoms with Gasteiger partial charge in [0.15, 0.2) is 5.78 Å². The Hall–Kier alpha value is -2.89. The van der Waals surface area contributed by atoms with Crippen molar-refractivity contribution < 1.29 is 22.5 Å². The Morgan fingerprint density at radius 1 is 1.08 bits per heavy atom. The van der Waals surface area contributed by atoms with Gasteiger partial charge in [-0.1, -0.05) is 18.2 Å². The highest BCUT2D eigenvalue weighted by atomic mass is 19.4. The largest absolute Gasteiger partial charge is 0.416 e. The normalized spacial score (nSPS) is 11.5. The summed E-state index contributed by atoms with van der Waals surface area (Å²) in [5, 5.41) is 0. The lowest BCUT2D eigenvalue weighted by Crippen LogP contribution is -2.32. The lowest BCUT2D eigenvalue weighted by Gasteiger charge is -2.10. The van der Waals surface area contributed by atoms with Crippen LogP contribution >= 0.6 is 0 Å². The van der Waals surface area contributed by atoms with E-state index in [4.69, 9.17) is 0 Å². The molecular weight excluding hydrogens is 329 g/mol. The standard InChI is InChI=1S/C19H16F3N2O/c1-14(25)15-6-8-17(9-7-15)24-11-10-23(13-24)12-16-4-2-3-5-18(16)19(20,21)22/h2-11,13H,12H2,1H3/q+1. The van der Waals surface area contributed by atoms with Crippen LogP contribution in [0.2, 0.25) is 0 Å². The predicted octanol–water partition coefficient (Wildman–Crippen LogP) is 4.03. The van der Waals surface area contributed by atoms with Crippen LogP contribution in [0.3, 0.4) is 0 Å². The monoisotopic (exact) mass is 345 g/mol. The minimum absolute atomic E-state index is 0.0159. The molecule has 0 aliphatic heterocycles. The fourth-order valence-corrected chi connectivity index (χ4v) is 2.64. The number of hydrogen-bond donors (Lipinski definition) is 0. The van der Waals surface area contributed by atoms with Gasteiger partial charge in [-0.2, -0.15) is 13.2 Å². The molecule has 0 aliphatic rings. The number of benzene rings is 2. The number of hydrogen-bond acceptors (Lipinski definition) is 1. The molecule has 0 aliphatic carbocycles. The summed E-state index contributed by atoms with van der Waals surface area (Å²) in [6.07, 6.45) is 0.823. The van der Waals surface area contributed by atoms with Crippen LogP contribution in [0.1, 0.15) is 28.4 Å². The first-order valence-corrected chi connectivity index (χ1v) is 7.68. The molecule has 25 heavy (non-hydrogen) atoms. The molecule has 0 atom stereocenters. The van der Waals surface area contributed by atoms with Crippen LogP contribution in [0.15, 0.2) is 67.3 Å². The van der Waals surface area contributed by atoms with Gasteiger partial charge in [-0.15, -0.1) is 0 Å². The third-order valence-electron chi connectivity index (χ3n) is 3.94. The number of Topliss-reactive ketones (excluding diaryl/α,β-unsaturated/α-hetero) is 1. The maximum atomic E-state index is 13.1. The highest BCUT2D eigenvalue weighted by Gasteiger charge is 2.33. The van der Waals surface area contributed by atoms with Crippen molar-refractivity contribution in [3.8, 4) is 5.69 Å².